The molecular weight excluding hydrogens is 107 g/mol. The van der Waals surface area contributed by atoms with E-state index in [1.54, 1.807) is 6.92 Å². The fourth-order valence-corrected chi connectivity index (χ4v) is 0.333. The minimum atomic E-state index is -1.07. The first kappa shape index (κ1) is 7.63. The van der Waals surface area contributed by atoms with Crippen LogP contribution in [0.5, 0.6) is 0 Å². The topological polar surface area (TPSA) is 20.2 Å². The highest BCUT2D eigenvalue weighted by Crippen LogP contribution is 2.05. The quantitative estimate of drug-likeness (QED) is 0.551. The van der Waals surface area contributed by atoms with E-state index in [1.165, 1.54) is 6.08 Å². The maximum absolute atomic E-state index is 12.2. The van der Waals surface area contributed by atoms with Gasteiger partial charge in [0.2, 0.25) is 0 Å². The Morgan fingerprint density at radius 2 is 2.38 bits per heavy atom. The summed E-state index contributed by atoms with van der Waals surface area (Å²) in [6.45, 7) is 4.76. The molecule has 0 amide bonds. The summed E-state index contributed by atoms with van der Waals surface area (Å²) in [6, 6.07) is 0. The van der Waals surface area contributed by atoms with E-state index >= 15 is 0 Å². The van der Waals surface area contributed by atoms with Crippen molar-refractivity contribution in [3.63, 3.8) is 0 Å². The number of alkyl halides is 1. The number of hydrogen-bond donors (Lipinski definition) is 1. The van der Waals surface area contributed by atoms with E-state index in [9.17, 15) is 4.39 Å². The minimum Gasteiger partial charge on any atom is -0.396 e. The number of aliphatic hydroxyl groups excluding tert-OH is 1. The first-order chi connectivity index (χ1) is 3.72. The highest BCUT2D eigenvalue weighted by atomic mass is 19.1. The lowest BCUT2D eigenvalue weighted by Crippen LogP contribution is -2.12. The summed E-state index contributed by atoms with van der Waals surface area (Å²) >= 11 is 0. The van der Waals surface area contributed by atoms with Gasteiger partial charge < -0.3 is 5.11 Å². The number of allylic oxidation sites excluding steroid dienone is 1. The summed E-state index contributed by atoms with van der Waals surface area (Å²) in [6.07, 6.45) is 0.126. The van der Waals surface area contributed by atoms with Gasteiger partial charge in [0.05, 0.1) is 0 Å². The van der Waals surface area contributed by atoms with Crippen molar-refractivity contribution in [1.82, 2.24) is 0 Å². The number of halogens is 1. The molecule has 0 fully saturated rings. The Morgan fingerprint density at radius 1 is 1.88 bits per heavy atom. The van der Waals surface area contributed by atoms with Crippen molar-refractivity contribution in [3.05, 3.63) is 12.7 Å². The van der Waals surface area contributed by atoms with E-state index in [1.807, 2.05) is 0 Å². The van der Waals surface area contributed by atoms with Gasteiger partial charge in [-0.1, -0.05) is 13.0 Å². The zero-order chi connectivity index (χ0) is 6.57. The predicted octanol–water partition coefficient (Wildman–Crippen LogP) is 1.14. The summed E-state index contributed by atoms with van der Waals surface area (Å²) in [7, 11) is 0. The van der Waals surface area contributed by atoms with Gasteiger partial charge in [0.25, 0.3) is 0 Å². The Kier molecular flexibility index (Phi) is 3.44. The Morgan fingerprint density at radius 3 is 2.50 bits per heavy atom. The molecule has 0 heterocycles. The Hall–Kier alpha value is -0.370. The third kappa shape index (κ3) is 2.07. The second-order valence-corrected chi connectivity index (χ2v) is 1.84. The third-order valence-corrected chi connectivity index (χ3v) is 1.06. The SMILES string of the molecule is C=CC(F)C(C)CO. The van der Waals surface area contributed by atoms with Crippen LogP contribution in [0.2, 0.25) is 0 Å². The lowest BCUT2D eigenvalue weighted by atomic mass is 10.1. The molecule has 0 aromatic heterocycles. The number of hydrogen-bond acceptors (Lipinski definition) is 1. The van der Waals surface area contributed by atoms with Crippen molar-refractivity contribution in [2.24, 2.45) is 5.92 Å². The van der Waals surface area contributed by atoms with E-state index in [-0.39, 0.29) is 12.5 Å². The van der Waals surface area contributed by atoms with Crippen molar-refractivity contribution in [1.29, 1.82) is 0 Å². The summed E-state index contributed by atoms with van der Waals surface area (Å²) in [4.78, 5) is 0. The molecule has 0 radical (unpaired) electrons. The Balaban J connectivity index is 3.44. The van der Waals surface area contributed by atoms with Gasteiger partial charge in [-0.05, 0) is 0 Å². The van der Waals surface area contributed by atoms with Crippen LogP contribution in [0.3, 0.4) is 0 Å². The van der Waals surface area contributed by atoms with Crippen LogP contribution in [0.1, 0.15) is 6.92 Å². The third-order valence-electron chi connectivity index (χ3n) is 1.06. The van der Waals surface area contributed by atoms with Gasteiger partial charge in [-0.25, -0.2) is 4.39 Å². The normalized spacial score (nSPS) is 17.4. The molecule has 0 aliphatic carbocycles. The molecule has 0 aromatic rings. The average molecular weight is 118 g/mol. The maximum atomic E-state index is 12.2. The molecule has 1 nitrogen and oxygen atoms in total. The van der Waals surface area contributed by atoms with Crippen LogP contribution in [0.25, 0.3) is 0 Å². The molecule has 0 spiro atoms. The van der Waals surface area contributed by atoms with Crippen molar-refractivity contribution in [3.8, 4) is 0 Å². The molecule has 0 bridgehead atoms. The second kappa shape index (κ2) is 3.61. The highest BCUT2D eigenvalue weighted by molar-refractivity contribution is 4.82. The molecule has 2 heteroatoms. The molecule has 8 heavy (non-hydrogen) atoms. The molecule has 0 saturated carbocycles. The zero-order valence-electron chi connectivity index (χ0n) is 4.97. The standard InChI is InChI=1S/C6H11FO/c1-3-6(7)5(2)4-8/h3,5-6,8H,1,4H2,2H3. The van der Waals surface area contributed by atoms with Gasteiger partial charge in [0.1, 0.15) is 6.17 Å². The summed E-state index contributed by atoms with van der Waals surface area (Å²) < 4.78 is 12.2. The molecule has 0 aromatic carbocycles. The van der Waals surface area contributed by atoms with Crippen LogP contribution >= 0.6 is 0 Å². The van der Waals surface area contributed by atoms with E-state index in [4.69, 9.17) is 5.11 Å². The van der Waals surface area contributed by atoms with Crippen LogP contribution in [0.4, 0.5) is 4.39 Å². The van der Waals surface area contributed by atoms with Crippen molar-refractivity contribution in [2.45, 2.75) is 13.1 Å². The average Bonchev–Trinajstić information content (AvgIpc) is 1.84. The summed E-state index contributed by atoms with van der Waals surface area (Å²) in [5.41, 5.74) is 0. The van der Waals surface area contributed by atoms with Gasteiger partial charge >= 0.3 is 0 Å². The molecular formula is C6H11FO. The fourth-order valence-electron chi connectivity index (χ4n) is 0.333. The van der Waals surface area contributed by atoms with E-state index < -0.39 is 6.17 Å². The minimum absolute atomic E-state index is 0.118. The van der Waals surface area contributed by atoms with Crippen LogP contribution in [0.15, 0.2) is 12.7 Å². The molecule has 0 aliphatic rings. The first-order valence-corrected chi connectivity index (χ1v) is 2.59. The lowest BCUT2D eigenvalue weighted by Gasteiger charge is -2.07. The first-order valence-electron chi connectivity index (χ1n) is 2.59. The largest absolute Gasteiger partial charge is 0.396 e. The van der Waals surface area contributed by atoms with E-state index in [2.05, 4.69) is 6.58 Å². The number of aliphatic hydroxyl groups is 1. The van der Waals surface area contributed by atoms with Crippen LogP contribution in [-0.2, 0) is 0 Å². The van der Waals surface area contributed by atoms with Gasteiger partial charge in [-0.3, -0.25) is 0 Å². The molecule has 0 aliphatic heterocycles. The monoisotopic (exact) mass is 118 g/mol. The lowest BCUT2D eigenvalue weighted by molar-refractivity contribution is 0.177. The molecule has 2 unspecified atom stereocenters. The van der Waals surface area contributed by atoms with Gasteiger partial charge in [0, 0.05) is 12.5 Å². The smallest absolute Gasteiger partial charge is 0.123 e. The summed E-state index contributed by atoms with van der Waals surface area (Å²) in [5, 5.41) is 8.35. The van der Waals surface area contributed by atoms with Crippen molar-refractivity contribution in [2.75, 3.05) is 6.61 Å². The van der Waals surface area contributed by atoms with Gasteiger partial charge in [-0.2, -0.15) is 0 Å². The van der Waals surface area contributed by atoms with E-state index in [0.717, 1.165) is 0 Å². The molecule has 0 saturated heterocycles. The molecule has 48 valence electrons. The van der Waals surface area contributed by atoms with Crippen LogP contribution in [-0.4, -0.2) is 17.9 Å². The Bertz CT molecular complexity index is 72.9. The molecule has 2 atom stereocenters. The van der Waals surface area contributed by atoms with Crippen molar-refractivity contribution < 1.29 is 9.50 Å². The van der Waals surface area contributed by atoms with Crippen LogP contribution < -0.4 is 0 Å². The Labute approximate surface area is 48.8 Å². The van der Waals surface area contributed by atoms with Gasteiger partial charge in [0.15, 0.2) is 0 Å². The predicted molar refractivity (Wildman–Crippen MR) is 31.3 cm³/mol. The zero-order valence-corrected chi connectivity index (χ0v) is 4.97. The second-order valence-electron chi connectivity index (χ2n) is 1.84. The van der Waals surface area contributed by atoms with Gasteiger partial charge in [-0.15, -0.1) is 6.58 Å². The number of rotatable bonds is 3. The maximum Gasteiger partial charge on any atom is 0.123 e. The fraction of sp³-hybridized carbons (Fsp3) is 0.667. The van der Waals surface area contributed by atoms with Crippen molar-refractivity contribution >= 4 is 0 Å². The summed E-state index contributed by atoms with van der Waals surface area (Å²) in [5.74, 6) is -0.313. The van der Waals surface area contributed by atoms with E-state index in [0.29, 0.717) is 0 Å². The molecule has 1 N–H and O–H groups in total. The molecule has 0 rings (SSSR count). The van der Waals surface area contributed by atoms with Crippen LogP contribution in [0, 0.1) is 5.92 Å². The highest BCUT2D eigenvalue weighted by Gasteiger charge is 2.09.